The van der Waals surface area contributed by atoms with Gasteiger partial charge in [0.1, 0.15) is 9.84 Å². The van der Waals surface area contributed by atoms with E-state index < -0.39 is 9.84 Å². The van der Waals surface area contributed by atoms with Crippen LogP contribution in [0.1, 0.15) is 41.0 Å². The number of aromatic nitrogens is 3. The largest absolute Gasteiger partial charge is 0.345 e. The molecule has 1 amide bonds. The van der Waals surface area contributed by atoms with E-state index in [0.29, 0.717) is 24.8 Å². The maximum atomic E-state index is 12.3. The molecule has 1 N–H and O–H groups in total. The van der Waals surface area contributed by atoms with Crippen molar-refractivity contribution in [3.8, 4) is 0 Å². The summed E-state index contributed by atoms with van der Waals surface area (Å²) < 4.78 is 25.5. The second-order valence-corrected chi connectivity index (χ2v) is 9.64. The number of amides is 1. The highest BCUT2D eigenvalue weighted by atomic mass is 32.2. The zero-order valence-corrected chi connectivity index (χ0v) is 16.0. The lowest BCUT2D eigenvalue weighted by Gasteiger charge is -2.44. The van der Waals surface area contributed by atoms with E-state index in [-0.39, 0.29) is 23.7 Å². The molecular formula is C18H23N5O3S. The van der Waals surface area contributed by atoms with Gasteiger partial charge in [0.15, 0.2) is 5.69 Å². The average Bonchev–Trinajstić information content (AvgIpc) is 3.32. The Bertz CT molecular complexity index is 917. The highest BCUT2D eigenvalue weighted by Gasteiger charge is 2.36. The molecule has 1 saturated heterocycles. The first kappa shape index (κ1) is 18.1. The first-order chi connectivity index (χ1) is 12.9. The molecule has 2 aliphatic rings. The Morgan fingerprint density at radius 2 is 1.96 bits per heavy atom. The Morgan fingerprint density at radius 1 is 1.26 bits per heavy atom. The maximum Gasteiger partial charge on any atom is 0.273 e. The van der Waals surface area contributed by atoms with E-state index in [1.165, 1.54) is 6.26 Å². The lowest BCUT2D eigenvalue weighted by Crippen LogP contribution is -2.60. The monoisotopic (exact) mass is 389 g/mol. The van der Waals surface area contributed by atoms with Crippen LogP contribution in [-0.2, 0) is 9.84 Å². The second-order valence-electron chi connectivity index (χ2n) is 7.46. The fourth-order valence-electron chi connectivity index (χ4n) is 3.39. The summed E-state index contributed by atoms with van der Waals surface area (Å²) in [6, 6.07) is 9.78. The van der Waals surface area contributed by atoms with Crippen LogP contribution in [0.25, 0.3) is 0 Å². The minimum atomic E-state index is -3.13. The predicted octanol–water partition coefficient (Wildman–Crippen LogP) is 0.813. The minimum Gasteiger partial charge on any atom is -0.345 e. The third-order valence-electron chi connectivity index (χ3n) is 4.99. The molecule has 27 heavy (non-hydrogen) atoms. The summed E-state index contributed by atoms with van der Waals surface area (Å²) in [6.45, 7) is 1.22. The van der Waals surface area contributed by atoms with Gasteiger partial charge in [-0.25, -0.2) is 13.1 Å². The molecule has 1 aromatic heterocycles. The van der Waals surface area contributed by atoms with Gasteiger partial charge in [0, 0.05) is 25.4 Å². The Balaban J connectivity index is 1.36. The molecular weight excluding hydrogens is 366 g/mol. The van der Waals surface area contributed by atoms with E-state index in [0.717, 1.165) is 18.4 Å². The molecule has 9 heteroatoms. The SMILES string of the molecule is CS(=O)(=O)CC(c1ccccc1)N1CC(NC(=O)c2cn(C3CC3)nn2)C1. The number of benzene rings is 1. The second kappa shape index (κ2) is 7.05. The van der Waals surface area contributed by atoms with Gasteiger partial charge in [-0.15, -0.1) is 5.10 Å². The summed E-state index contributed by atoms with van der Waals surface area (Å²) in [4.78, 5) is 14.4. The van der Waals surface area contributed by atoms with Gasteiger partial charge in [0.2, 0.25) is 0 Å². The lowest BCUT2D eigenvalue weighted by molar-refractivity contribution is 0.0679. The van der Waals surface area contributed by atoms with Crippen LogP contribution in [0.5, 0.6) is 0 Å². The summed E-state index contributed by atoms with van der Waals surface area (Å²) in [5.74, 6) is -0.168. The van der Waals surface area contributed by atoms with Gasteiger partial charge < -0.3 is 5.32 Å². The van der Waals surface area contributed by atoms with Crippen LogP contribution >= 0.6 is 0 Å². The van der Waals surface area contributed by atoms with Gasteiger partial charge in [0.05, 0.1) is 24.0 Å². The summed E-state index contributed by atoms with van der Waals surface area (Å²) >= 11 is 0. The number of nitrogens with zero attached hydrogens (tertiary/aromatic N) is 4. The molecule has 4 rings (SSSR count). The molecule has 1 aliphatic carbocycles. The summed E-state index contributed by atoms with van der Waals surface area (Å²) in [6.07, 6.45) is 5.12. The third-order valence-corrected chi connectivity index (χ3v) is 5.92. The number of hydrogen-bond donors (Lipinski definition) is 1. The Kier molecular flexibility index (Phi) is 4.73. The molecule has 2 heterocycles. The molecule has 144 valence electrons. The quantitative estimate of drug-likeness (QED) is 0.753. The normalized spacial score (nSPS) is 19.4. The van der Waals surface area contributed by atoms with Crippen molar-refractivity contribution in [2.75, 3.05) is 25.1 Å². The van der Waals surface area contributed by atoms with Crippen molar-refractivity contribution in [2.45, 2.75) is 31.0 Å². The Morgan fingerprint density at radius 3 is 2.59 bits per heavy atom. The molecule has 1 unspecified atom stereocenters. The summed E-state index contributed by atoms with van der Waals surface area (Å²) in [7, 11) is -3.13. The van der Waals surface area contributed by atoms with E-state index in [9.17, 15) is 13.2 Å². The topological polar surface area (TPSA) is 97.2 Å². The van der Waals surface area contributed by atoms with Gasteiger partial charge >= 0.3 is 0 Å². The molecule has 2 aromatic rings. The zero-order chi connectivity index (χ0) is 19.0. The first-order valence-electron chi connectivity index (χ1n) is 9.08. The highest BCUT2D eigenvalue weighted by molar-refractivity contribution is 7.90. The van der Waals surface area contributed by atoms with E-state index in [2.05, 4.69) is 20.5 Å². The van der Waals surface area contributed by atoms with Crippen molar-refractivity contribution in [2.24, 2.45) is 0 Å². The van der Waals surface area contributed by atoms with Crippen LogP contribution in [0.3, 0.4) is 0 Å². The van der Waals surface area contributed by atoms with Crippen molar-refractivity contribution in [3.05, 3.63) is 47.8 Å². The fourth-order valence-corrected chi connectivity index (χ4v) is 4.37. The van der Waals surface area contributed by atoms with Crippen molar-refractivity contribution >= 4 is 15.7 Å². The molecule has 0 bridgehead atoms. The van der Waals surface area contributed by atoms with Crippen LogP contribution in [0, 0.1) is 0 Å². The minimum absolute atomic E-state index is 0.0191. The zero-order valence-electron chi connectivity index (χ0n) is 15.2. The van der Waals surface area contributed by atoms with E-state index >= 15 is 0 Å². The number of carbonyl (C=O) groups excluding carboxylic acids is 1. The maximum absolute atomic E-state index is 12.3. The van der Waals surface area contributed by atoms with Crippen LogP contribution < -0.4 is 5.32 Å². The molecule has 8 nitrogen and oxygen atoms in total. The van der Waals surface area contributed by atoms with Gasteiger partial charge in [-0.1, -0.05) is 35.5 Å². The third kappa shape index (κ3) is 4.36. The van der Waals surface area contributed by atoms with E-state index in [4.69, 9.17) is 0 Å². The number of sulfone groups is 1. The van der Waals surface area contributed by atoms with E-state index in [1.807, 2.05) is 30.3 Å². The smallest absolute Gasteiger partial charge is 0.273 e. The number of likely N-dealkylation sites (tertiary alicyclic amines) is 1. The molecule has 1 saturated carbocycles. The van der Waals surface area contributed by atoms with Crippen molar-refractivity contribution < 1.29 is 13.2 Å². The molecule has 2 fully saturated rings. The number of rotatable bonds is 7. The standard InChI is InChI=1S/C18H23N5O3S/c1-27(25,26)12-17(13-5-3-2-4-6-13)22-9-14(10-22)19-18(24)16-11-23(21-20-16)15-7-8-15/h2-6,11,14-15,17H,7-10,12H2,1H3,(H,19,24). The molecule has 0 spiro atoms. The molecule has 1 aromatic carbocycles. The lowest BCUT2D eigenvalue weighted by atomic mass is 10.0. The van der Waals surface area contributed by atoms with Crippen LogP contribution in [0.2, 0.25) is 0 Å². The molecule has 0 radical (unpaired) electrons. The predicted molar refractivity (Wildman–Crippen MR) is 100 cm³/mol. The fraction of sp³-hybridized carbons (Fsp3) is 0.500. The Hall–Kier alpha value is -2.26. The van der Waals surface area contributed by atoms with Gasteiger partial charge in [0.25, 0.3) is 5.91 Å². The highest BCUT2D eigenvalue weighted by Crippen LogP contribution is 2.33. The number of hydrogen-bond acceptors (Lipinski definition) is 6. The van der Waals surface area contributed by atoms with Crippen LogP contribution in [0.15, 0.2) is 36.5 Å². The van der Waals surface area contributed by atoms with Crippen LogP contribution in [0.4, 0.5) is 0 Å². The van der Waals surface area contributed by atoms with Gasteiger partial charge in [-0.3, -0.25) is 9.69 Å². The molecule has 1 aliphatic heterocycles. The van der Waals surface area contributed by atoms with Crippen molar-refractivity contribution in [3.63, 3.8) is 0 Å². The number of nitrogens with one attached hydrogen (secondary N) is 1. The summed E-state index contributed by atoms with van der Waals surface area (Å²) in [5.41, 5.74) is 1.30. The van der Waals surface area contributed by atoms with Crippen LogP contribution in [-0.4, -0.2) is 65.4 Å². The van der Waals surface area contributed by atoms with Gasteiger partial charge in [-0.2, -0.15) is 0 Å². The average molecular weight is 389 g/mol. The summed E-state index contributed by atoms with van der Waals surface area (Å²) in [5, 5.41) is 10.9. The van der Waals surface area contributed by atoms with Crippen molar-refractivity contribution in [1.29, 1.82) is 0 Å². The van der Waals surface area contributed by atoms with E-state index in [1.54, 1.807) is 10.9 Å². The van der Waals surface area contributed by atoms with Gasteiger partial charge in [-0.05, 0) is 18.4 Å². The van der Waals surface area contributed by atoms with Crippen molar-refractivity contribution in [1.82, 2.24) is 25.2 Å². The molecule has 1 atom stereocenters. The first-order valence-corrected chi connectivity index (χ1v) is 11.1. The Labute approximate surface area is 158 Å². The number of carbonyl (C=O) groups is 1.